The van der Waals surface area contributed by atoms with Crippen molar-refractivity contribution >= 4 is 27.8 Å². The van der Waals surface area contributed by atoms with Crippen LogP contribution in [0.2, 0.25) is 0 Å². The van der Waals surface area contributed by atoms with E-state index in [1.165, 1.54) is 0 Å². The normalized spacial score (nSPS) is 12.6. The summed E-state index contributed by atoms with van der Waals surface area (Å²) in [6.45, 7) is 4.41. The lowest BCUT2D eigenvalue weighted by molar-refractivity contribution is -0.118. The maximum absolute atomic E-state index is 10.4. The molecule has 7 nitrogen and oxygen atoms in total. The molecule has 0 fully saturated rings. The molecule has 3 aromatic rings. The minimum Gasteiger partial charge on any atom is -0.389 e. The van der Waals surface area contributed by atoms with Crippen LogP contribution >= 0.6 is 0 Å². The number of imidazole rings is 1. The van der Waals surface area contributed by atoms with Gasteiger partial charge in [-0.25, -0.2) is 9.97 Å². The molecule has 24 heavy (non-hydrogen) atoms. The molecule has 1 aromatic carbocycles. The highest BCUT2D eigenvalue weighted by atomic mass is 16.7. The number of para-hydroxylation sites is 1. The van der Waals surface area contributed by atoms with Crippen LogP contribution in [0, 0.1) is 0 Å². The van der Waals surface area contributed by atoms with Gasteiger partial charge in [-0.15, -0.1) is 0 Å². The summed E-state index contributed by atoms with van der Waals surface area (Å²) in [7, 11) is 3.43. The molecule has 0 aliphatic heterocycles. The number of aliphatic hydroxyl groups is 1. The molecule has 2 heterocycles. The van der Waals surface area contributed by atoms with Crippen LogP contribution in [-0.4, -0.2) is 44.5 Å². The number of hydrogen-bond acceptors (Lipinski definition) is 6. The van der Waals surface area contributed by atoms with Crippen LogP contribution in [0.25, 0.3) is 21.9 Å². The summed E-state index contributed by atoms with van der Waals surface area (Å²) in [5.74, 6) is 1.15. The van der Waals surface area contributed by atoms with Crippen molar-refractivity contribution < 1.29 is 9.94 Å². The molecular formula is C17H23N5O2. The third-order valence-corrected chi connectivity index (χ3v) is 3.91. The number of fused-ring (bicyclic) bond motifs is 3. The van der Waals surface area contributed by atoms with Gasteiger partial charge >= 0.3 is 0 Å². The van der Waals surface area contributed by atoms with Crippen molar-refractivity contribution in [2.75, 3.05) is 19.9 Å². The van der Waals surface area contributed by atoms with Gasteiger partial charge in [0.2, 0.25) is 0 Å². The van der Waals surface area contributed by atoms with Crippen molar-refractivity contribution in [3.63, 3.8) is 0 Å². The monoisotopic (exact) mass is 329 g/mol. The summed E-state index contributed by atoms with van der Waals surface area (Å²) in [6, 6.07) is 7.81. The highest BCUT2D eigenvalue weighted by Gasteiger charge is 2.22. The van der Waals surface area contributed by atoms with Crippen LogP contribution in [0.1, 0.15) is 19.7 Å². The summed E-state index contributed by atoms with van der Waals surface area (Å²) >= 11 is 0. The van der Waals surface area contributed by atoms with E-state index >= 15 is 0 Å². The lowest BCUT2D eigenvalue weighted by Gasteiger charge is -2.22. The van der Waals surface area contributed by atoms with Crippen LogP contribution in [0.3, 0.4) is 0 Å². The van der Waals surface area contributed by atoms with Crippen molar-refractivity contribution in [2.24, 2.45) is 0 Å². The van der Waals surface area contributed by atoms with Gasteiger partial charge in [0, 0.05) is 12.4 Å². The van der Waals surface area contributed by atoms with Crippen molar-refractivity contribution in [1.29, 1.82) is 0 Å². The molecule has 0 bridgehead atoms. The Kier molecular flexibility index (Phi) is 4.16. The van der Waals surface area contributed by atoms with Gasteiger partial charge in [-0.2, -0.15) is 5.06 Å². The molecule has 0 saturated heterocycles. The van der Waals surface area contributed by atoms with E-state index in [1.54, 1.807) is 26.0 Å². The second-order valence-corrected chi connectivity index (χ2v) is 6.61. The van der Waals surface area contributed by atoms with Crippen LogP contribution in [0.5, 0.6) is 0 Å². The zero-order valence-electron chi connectivity index (χ0n) is 14.4. The summed E-state index contributed by atoms with van der Waals surface area (Å²) in [5.41, 5.74) is 7.59. The van der Waals surface area contributed by atoms with Gasteiger partial charge in [0.15, 0.2) is 5.82 Å². The zero-order chi connectivity index (χ0) is 17.5. The average Bonchev–Trinajstić information content (AvgIpc) is 2.85. The average molecular weight is 329 g/mol. The fourth-order valence-electron chi connectivity index (χ4n) is 2.85. The number of hydrogen-bond donors (Lipinski definition) is 2. The Morgan fingerprint density at radius 3 is 2.67 bits per heavy atom. The van der Waals surface area contributed by atoms with Gasteiger partial charge < -0.3 is 20.2 Å². The smallest absolute Gasteiger partial charge is 0.152 e. The zero-order valence-corrected chi connectivity index (χ0v) is 14.4. The summed E-state index contributed by atoms with van der Waals surface area (Å²) in [5, 5.41) is 13.0. The van der Waals surface area contributed by atoms with Crippen LogP contribution in [0.4, 0.5) is 5.82 Å². The molecule has 0 spiro atoms. The number of pyridine rings is 1. The maximum Gasteiger partial charge on any atom is 0.152 e. The molecule has 7 heteroatoms. The summed E-state index contributed by atoms with van der Waals surface area (Å²) in [4.78, 5) is 14.3. The molecule has 3 N–H and O–H groups in total. The largest absolute Gasteiger partial charge is 0.389 e. The van der Waals surface area contributed by atoms with Crippen molar-refractivity contribution in [3.05, 3.63) is 30.1 Å². The Morgan fingerprint density at radius 2 is 2.00 bits per heavy atom. The van der Waals surface area contributed by atoms with E-state index < -0.39 is 5.60 Å². The second kappa shape index (κ2) is 6.01. The molecule has 0 saturated carbocycles. The number of anilines is 1. The van der Waals surface area contributed by atoms with Crippen LogP contribution in [0.15, 0.2) is 24.3 Å². The lowest BCUT2D eigenvalue weighted by atomic mass is 10.1. The molecule has 0 aliphatic carbocycles. The number of rotatable bonds is 5. The van der Waals surface area contributed by atoms with Crippen molar-refractivity contribution in [1.82, 2.24) is 19.6 Å². The van der Waals surface area contributed by atoms with E-state index in [0.29, 0.717) is 24.4 Å². The number of nitrogens with two attached hydrogens (primary N) is 1. The Balaban J connectivity index is 2.32. The molecular weight excluding hydrogens is 306 g/mol. The standard InChI is InChI=1S/C17H23N5O2/c1-17(2,23)10-22-13(9-21(3)24-4)20-14-15(22)11-7-5-6-8-12(11)19-16(14)18/h5-8,23H,9-10H2,1-4H3,(H2,18,19). The Bertz CT molecular complexity index is 882. The number of benzene rings is 1. The predicted molar refractivity (Wildman–Crippen MR) is 94.2 cm³/mol. The minimum absolute atomic E-state index is 0.388. The fourth-order valence-corrected chi connectivity index (χ4v) is 2.85. The second-order valence-electron chi connectivity index (χ2n) is 6.61. The Labute approximate surface area is 140 Å². The van der Waals surface area contributed by atoms with Crippen LogP contribution in [-0.2, 0) is 17.9 Å². The number of nitrogen functional groups attached to an aromatic ring is 1. The third kappa shape index (κ3) is 3.06. The quantitative estimate of drug-likeness (QED) is 0.695. The maximum atomic E-state index is 10.4. The van der Waals surface area contributed by atoms with Gasteiger partial charge in [-0.05, 0) is 19.9 Å². The van der Waals surface area contributed by atoms with E-state index in [9.17, 15) is 5.11 Å². The fraction of sp³-hybridized carbons (Fsp3) is 0.412. The van der Waals surface area contributed by atoms with E-state index in [4.69, 9.17) is 10.6 Å². The first-order chi connectivity index (χ1) is 11.3. The van der Waals surface area contributed by atoms with E-state index in [1.807, 2.05) is 35.9 Å². The molecule has 0 aliphatic rings. The van der Waals surface area contributed by atoms with Gasteiger partial charge in [0.1, 0.15) is 11.3 Å². The first-order valence-corrected chi connectivity index (χ1v) is 7.81. The molecule has 0 amide bonds. The first kappa shape index (κ1) is 16.6. The third-order valence-electron chi connectivity index (χ3n) is 3.91. The van der Waals surface area contributed by atoms with Crippen molar-refractivity contribution in [3.8, 4) is 0 Å². The highest BCUT2D eigenvalue weighted by molar-refractivity contribution is 6.06. The topological polar surface area (TPSA) is 89.4 Å². The predicted octanol–water partition coefficient (Wildman–Crippen LogP) is 1.93. The molecule has 0 atom stereocenters. The highest BCUT2D eigenvalue weighted by Crippen LogP contribution is 2.30. The van der Waals surface area contributed by atoms with Gasteiger partial charge in [-0.1, -0.05) is 18.2 Å². The lowest BCUT2D eigenvalue weighted by Crippen LogP contribution is -2.28. The van der Waals surface area contributed by atoms with E-state index in [2.05, 4.69) is 9.97 Å². The molecule has 0 radical (unpaired) electrons. The first-order valence-electron chi connectivity index (χ1n) is 7.81. The Morgan fingerprint density at radius 1 is 1.29 bits per heavy atom. The van der Waals surface area contributed by atoms with Crippen molar-refractivity contribution in [2.45, 2.75) is 32.5 Å². The number of aromatic nitrogens is 3. The SMILES string of the molecule is CON(C)Cc1nc2c(N)nc3ccccc3c2n1CC(C)(C)O. The Hall–Kier alpha value is -2.22. The molecule has 0 unspecified atom stereocenters. The van der Waals surface area contributed by atoms with E-state index in [0.717, 1.165) is 22.2 Å². The van der Waals surface area contributed by atoms with E-state index in [-0.39, 0.29) is 0 Å². The number of nitrogens with zero attached hydrogens (tertiary/aromatic N) is 4. The number of hydroxylamine groups is 2. The van der Waals surface area contributed by atoms with Gasteiger partial charge in [0.25, 0.3) is 0 Å². The minimum atomic E-state index is -0.896. The van der Waals surface area contributed by atoms with Gasteiger partial charge in [0.05, 0.1) is 36.8 Å². The van der Waals surface area contributed by atoms with Crippen LogP contribution < -0.4 is 5.73 Å². The summed E-state index contributed by atoms with van der Waals surface area (Å²) in [6.07, 6.45) is 0. The van der Waals surface area contributed by atoms with Gasteiger partial charge in [-0.3, -0.25) is 0 Å². The molecule has 2 aromatic heterocycles. The molecule has 128 valence electrons. The summed E-state index contributed by atoms with van der Waals surface area (Å²) < 4.78 is 2.01. The molecule has 3 rings (SSSR count).